The van der Waals surface area contributed by atoms with Gasteiger partial charge in [0.1, 0.15) is 19.3 Å². The van der Waals surface area contributed by atoms with Crippen molar-refractivity contribution >= 4 is 39.5 Å². The summed E-state index contributed by atoms with van der Waals surface area (Å²) in [6, 6.07) is 0. The second-order valence-electron chi connectivity index (χ2n) is 30.7. The molecule has 103 heavy (non-hydrogen) atoms. The molecule has 0 aromatic carbocycles. The summed E-state index contributed by atoms with van der Waals surface area (Å²) < 4.78 is 68.8. The number of unbranched alkanes of at least 4 members (excludes halogenated alkanes) is 56. The molecule has 0 aliphatic carbocycles. The highest BCUT2D eigenvalue weighted by molar-refractivity contribution is 7.47. The molecule has 0 amide bonds. The molecule has 612 valence electrons. The minimum absolute atomic E-state index is 0.105. The number of phosphoric ester groups is 2. The van der Waals surface area contributed by atoms with E-state index in [0.29, 0.717) is 25.7 Å². The number of hydrogen-bond donors (Lipinski definition) is 3. The number of aliphatic hydroxyl groups excluding tert-OH is 1. The maximum atomic E-state index is 13.1. The van der Waals surface area contributed by atoms with Gasteiger partial charge in [0.05, 0.1) is 26.4 Å². The minimum atomic E-state index is -4.96. The zero-order valence-corrected chi connectivity index (χ0v) is 69.3. The zero-order chi connectivity index (χ0) is 75.5. The van der Waals surface area contributed by atoms with Crippen molar-refractivity contribution in [2.24, 2.45) is 5.92 Å². The van der Waals surface area contributed by atoms with Crippen LogP contribution in [0, 0.1) is 5.92 Å². The largest absolute Gasteiger partial charge is 0.472 e. The van der Waals surface area contributed by atoms with E-state index in [1.807, 2.05) is 0 Å². The van der Waals surface area contributed by atoms with Gasteiger partial charge in [0.2, 0.25) is 0 Å². The van der Waals surface area contributed by atoms with Crippen LogP contribution in [0.4, 0.5) is 0 Å². The van der Waals surface area contributed by atoms with E-state index < -0.39 is 97.5 Å². The van der Waals surface area contributed by atoms with E-state index in [1.165, 1.54) is 276 Å². The van der Waals surface area contributed by atoms with Crippen LogP contribution in [0.15, 0.2) is 0 Å². The van der Waals surface area contributed by atoms with E-state index >= 15 is 0 Å². The predicted molar refractivity (Wildman–Crippen MR) is 423 cm³/mol. The minimum Gasteiger partial charge on any atom is -0.462 e. The number of carbonyl (C=O) groups is 4. The van der Waals surface area contributed by atoms with Gasteiger partial charge in [-0.2, -0.15) is 0 Å². The van der Waals surface area contributed by atoms with E-state index in [0.717, 1.165) is 95.8 Å². The standard InChI is InChI=1S/C84H164O17P2/c1-6-9-12-15-18-21-24-26-28-30-32-33-34-36-38-40-42-45-48-54-59-64-69-83(88)100-79(73-95-82(87)68-63-58-53-47-44-41-39-37-35-31-29-27-25-22-19-16-13-10-7-2)75-98-102(90,91)96-71-78(85)72-97-103(92,93)99-76-80(101-84(89)70-65-60-55-50-49-51-56-61-66-77(4)5)74-94-81(86)67-62-57-52-46-43-23-20-17-14-11-8-3/h77-80,85H,6-76H2,1-5H3,(H,90,91)(H,92,93)/t78-,79-,80-/m1/s1. The Morgan fingerprint density at radius 2 is 0.447 bits per heavy atom. The molecule has 3 N–H and O–H groups in total. The molecule has 0 fully saturated rings. The lowest BCUT2D eigenvalue weighted by Crippen LogP contribution is -2.30. The van der Waals surface area contributed by atoms with Gasteiger partial charge in [-0.05, 0) is 31.6 Å². The normalized spacial score (nSPS) is 13.8. The van der Waals surface area contributed by atoms with Crippen molar-refractivity contribution in [2.45, 2.75) is 470 Å². The number of phosphoric acid groups is 2. The highest BCUT2D eigenvalue weighted by Gasteiger charge is 2.30. The number of hydrogen-bond acceptors (Lipinski definition) is 15. The molecule has 17 nitrogen and oxygen atoms in total. The molecule has 5 atom stereocenters. The molecule has 0 saturated carbocycles. The number of carbonyl (C=O) groups excluding carboxylic acids is 4. The monoisotopic (exact) mass is 1510 g/mol. The first-order chi connectivity index (χ1) is 50.0. The first kappa shape index (κ1) is 101. The summed E-state index contributed by atoms with van der Waals surface area (Å²) in [5.74, 6) is -1.39. The molecule has 2 unspecified atom stereocenters. The average Bonchev–Trinajstić information content (AvgIpc) is 0.916. The molecule has 0 aromatic rings. The van der Waals surface area contributed by atoms with Crippen molar-refractivity contribution in [3.63, 3.8) is 0 Å². The average molecular weight is 1510 g/mol. The van der Waals surface area contributed by atoms with Crippen molar-refractivity contribution in [3.05, 3.63) is 0 Å². The fourth-order valence-electron chi connectivity index (χ4n) is 13.1. The lowest BCUT2D eigenvalue weighted by Gasteiger charge is -2.21. The molecule has 0 aliphatic rings. The predicted octanol–water partition coefficient (Wildman–Crippen LogP) is 25.6. The summed E-state index contributed by atoms with van der Waals surface area (Å²) in [5.41, 5.74) is 0. The Kier molecular flexibility index (Phi) is 75.4. The third kappa shape index (κ3) is 78.0. The molecular weight excluding hydrogens is 1340 g/mol. The van der Waals surface area contributed by atoms with Crippen molar-refractivity contribution in [3.8, 4) is 0 Å². The first-order valence-electron chi connectivity index (χ1n) is 43.6. The first-order valence-corrected chi connectivity index (χ1v) is 46.6. The van der Waals surface area contributed by atoms with Crippen LogP contribution in [-0.4, -0.2) is 96.7 Å². The van der Waals surface area contributed by atoms with Gasteiger partial charge in [-0.3, -0.25) is 37.3 Å². The van der Waals surface area contributed by atoms with Crippen LogP contribution in [0.25, 0.3) is 0 Å². The van der Waals surface area contributed by atoms with Gasteiger partial charge in [-0.25, -0.2) is 9.13 Å². The van der Waals surface area contributed by atoms with Gasteiger partial charge < -0.3 is 33.8 Å². The second-order valence-corrected chi connectivity index (χ2v) is 33.6. The van der Waals surface area contributed by atoms with E-state index in [1.54, 1.807) is 0 Å². The fraction of sp³-hybridized carbons (Fsp3) is 0.952. The van der Waals surface area contributed by atoms with Gasteiger partial charge in [-0.1, -0.05) is 401 Å². The van der Waals surface area contributed by atoms with Crippen LogP contribution < -0.4 is 0 Å². The Hall–Kier alpha value is -1.94. The number of rotatable bonds is 84. The SMILES string of the molecule is CCCCCCCCCCCCCCCCCCCCCCCCC(=O)O[C@H](COC(=O)CCCCCCCCCCCCCCCCCCCCC)COP(=O)(O)OC[C@@H](O)COP(=O)(O)OC[C@@H](COC(=O)CCCCCCCCCCCCC)OC(=O)CCCCCCCCCCC(C)C. The molecule has 0 spiro atoms. The molecule has 0 heterocycles. The van der Waals surface area contributed by atoms with E-state index in [2.05, 4.69) is 34.6 Å². The lowest BCUT2D eigenvalue weighted by atomic mass is 10.0. The van der Waals surface area contributed by atoms with Gasteiger partial charge in [0, 0.05) is 25.7 Å². The maximum Gasteiger partial charge on any atom is 0.472 e. The van der Waals surface area contributed by atoms with Crippen molar-refractivity contribution < 1.29 is 80.2 Å². The van der Waals surface area contributed by atoms with Crippen molar-refractivity contribution in [1.29, 1.82) is 0 Å². The molecule has 0 radical (unpaired) electrons. The third-order valence-electron chi connectivity index (χ3n) is 19.8. The molecule has 0 bridgehead atoms. The Balaban J connectivity index is 5.19. The van der Waals surface area contributed by atoms with Crippen LogP contribution in [-0.2, 0) is 65.4 Å². The van der Waals surface area contributed by atoms with Crippen LogP contribution in [0.2, 0.25) is 0 Å². The summed E-state index contributed by atoms with van der Waals surface area (Å²) >= 11 is 0. The molecular formula is C84H164O17P2. The van der Waals surface area contributed by atoms with Crippen LogP contribution >= 0.6 is 15.6 Å². The van der Waals surface area contributed by atoms with Gasteiger partial charge in [-0.15, -0.1) is 0 Å². The highest BCUT2D eigenvalue weighted by atomic mass is 31.2. The van der Waals surface area contributed by atoms with Crippen molar-refractivity contribution in [1.82, 2.24) is 0 Å². The summed E-state index contributed by atoms with van der Waals surface area (Å²) in [6.45, 7) is 7.30. The Morgan fingerprint density at radius 1 is 0.262 bits per heavy atom. The smallest absolute Gasteiger partial charge is 0.462 e. The van der Waals surface area contributed by atoms with Crippen molar-refractivity contribution in [2.75, 3.05) is 39.6 Å². The summed E-state index contributed by atoms with van der Waals surface area (Å²) in [4.78, 5) is 73.1. The Bertz CT molecular complexity index is 1960. The highest BCUT2D eigenvalue weighted by Crippen LogP contribution is 2.45. The quantitative estimate of drug-likeness (QED) is 0.0222. The molecule has 19 heteroatoms. The number of aliphatic hydroxyl groups is 1. The van der Waals surface area contributed by atoms with Gasteiger partial charge in [0.15, 0.2) is 12.2 Å². The summed E-state index contributed by atoms with van der Waals surface area (Å²) in [5, 5.41) is 10.7. The maximum absolute atomic E-state index is 13.1. The summed E-state index contributed by atoms with van der Waals surface area (Å²) in [6.07, 6.45) is 69.6. The number of esters is 4. The lowest BCUT2D eigenvalue weighted by molar-refractivity contribution is -0.161. The van der Waals surface area contributed by atoms with Crippen LogP contribution in [0.3, 0.4) is 0 Å². The van der Waals surface area contributed by atoms with Crippen LogP contribution in [0.5, 0.6) is 0 Å². The van der Waals surface area contributed by atoms with Crippen LogP contribution in [0.1, 0.15) is 452 Å². The number of ether oxygens (including phenoxy) is 4. The topological polar surface area (TPSA) is 237 Å². The summed E-state index contributed by atoms with van der Waals surface area (Å²) in [7, 11) is -9.92. The molecule has 0 rings (SSSR count). The van der Waals surface area contributed by atoms with E-state index in [-0.39, 0.29) is 25.7 Å². The van der Waals surface area contributed by atoms with E-state index in [9.17, 15) is 43.2 Å². The molecule has 0 aromatic heterocycles. The fourth-order valence-corrected chi connectivity index (χ4v) is 14.7. The molecule has 0 saturated heterocycles. The van der Waals surface area contributed by atoms with Gasteiger partial charge in [0.25, 0.3) is 0 Å². The zero-order valence-electron chi connectivity index (χ0n) is 67.5. The van der Waals surface area contributed by atoms with E-state index in [4.69, 9.17) is 37.0 Å². The Labute approximate surface area is 632 Å². The molecule has 0 aliphatic heterocycles. The van der Waals surface area contributed by atoms with Gasteiger partial charge >= 0.3 is 39.5 Å². The third-order valence-corrected chi connectivity index (χ3v) is 21.7. The Morgan fingerprint density at radius 3 is 0.660 bits per heavy atom. The second kappa shape index (κ2) is 76.8.